The van der Waals surface area contributed by atoms with Crippen LogP contribution in [-0.2, 0) is 4.79 Å². The van der Waals surface area contributed by atoms with Gasteiger partial charge in [0, 0.05) is 25.6 Å². The minimum absolute atomic E-state index is 0.0195. The van der Waals surface area contributed by atoms with Crippen LogP contribution in [-0.4, -0.2) is 64.2 Å². The number of rotatable bonds is 4. The van der Waals surface area contributed by atoms with Crippen LogP contribution in [0.15, 0.2) is 28.5 Å². The largest absolute Gasteiger partial charge is 0.393 e. The number of aliphatic hydroxyl groups excluding tert-OH is 1. The number of nitrogens with zero attached hydrogens (tertiary/aromatic N) is 3. The third-order valence-corrected chi connectivity index (χ3v) is 5.96. The second kappa shape index (κ2) is 6.67. The van der Waals surface area contributed by atoms with Crippen LogP contribution in [0.1, 0.15) is 47.0 Å². The molecule has 3 rings (SSSR count). The van der Waals surface area contributed by atoms with Crippen molar-refractivity contribution in [1.29, 1.82) is 0 Å². The predicted molar refractivity (Wildman–Crippen MR) is 98.6 cm³/mol. The topological polar surface area (TPSA) is 64.9 Å². The first-order valence-corrected chi connectivity index (χ1v) is 9.31. The normalized spacial score (nSPS) is 34.2. The van der Waals surface area contributed by atoms with Gasteiger partial charge in [-0.3, -0.25) is 9.69 Å². The van der Waals surface area contributed by atoms with E-state index in [0.717, 1.165) is 43.5 Å². The fourth-order valence-corrected chi connectivity index (χ4v) is 4.16. The molecule has 2 atom stereocenters. The van der Waals surface area contributed by atoms with E-state index in [0.29, 0.717) is 11.1 Å². The highest BCUT2D eigenvalue weighted by Crippen LogP contribution is 2.32. The summed E-state index contributed by atoms with van der Waals surface area (Å²) in [7, 11) is 0. The van der Waals surface area contributed by atoms with Crippen molar-refractivity contribution in [3.05, 3.63) is 23.4 Å². The van der Waals surface area contributed by atoms with E-state index in [1.165, 1.54) is 0 Å². The molecule has 0 aliphatic carbocycles. The summed E-state index contributed by atoms with van der Waals surface area (Å²) in [5.41, 5.74) is 1.63. The lowest BCUT2D eigenvalue weighted by Gasteiger charge is -2.47. The lowest BCUT2D eigenvalue weighted by atomic mass is 9.89. The molecule has 0 saturated carbocycles. The molecule has 138 valence electrons. The number of hydrogen-bond donors (Lipinski definition) is 2. The SMILES string of the molecule is CC1=C(C[N+]2(C(C)C)C=CC=N2)C(=O)NC(C)(N2CCC(O)CC2)C1. The highest BCUT2D eigenvalue weighted by atomic mass is 16.3. The van der Waals surface area contributed by atoms with Gasteiger partial charge >= 0.3 is 0 Å². The molecule has 25 heavy (non-hydrogen) atoms. The first-order chi connectivity index (χ1) is 11.8. The maximum absolute atomic E-state index is 12.9. The smallest absolute Gasteiger partial charge is 0.254 e. The Bertz CT molecular complexity index is 617. The lowest BCUT2D eigenvalue weighted by Crippen LogP contribution is -2.63. The summed E-state index contributed by atoms with van der Waals surface area (Å²) in [6.45, 7) is 10.7. The van der Waals surface area contributed by atoms with Gasteiger partial charge in [-0.2, -0.15) is 4.59 Å². The number of carbonyl (C=O) groups excluding carboxylic acids is 1. The molecule has 0 aromatic rings. The fraction of sp³-hybridized carbons (Fsp3) is 0.684. The van der Waals surface area contributed by atoms with Crippen LogP contribution in [0, 0.1) is 0 Å². The second-order valence-corrected chi connectivity index (χ2v) is 8.13. The first-order valence-electron chi connectivity index (χ1n) is 9.31. The standard InChI is InChI=1S/C19H30N4O2/c1-14(2)23(11-5-8-20-23)13-17-15(3)12-19(4,21-18(17)25)22-9-6-16(24)7-10-22/h5,8,11,14,16,24H,6-7,9-10,12-13H2,1-4H3/p+1. The Morgan fingerprint density at radius 1 is 1.44 bits per heavy atom. The van der Waals surface area contributed by atoms with Crippen molar-refractivity contribution in [2.45, 2.75) is 64.8 Å². The quantitative estimate of drug-likeness (QED) is 0.761. The van der Waals surface area contributed by atoms with Crippen molar-refractivity contribution in [1.82, 2.24) is 10.2 Å². The minimum Gasteiger partial charge on any atom is -0.393 e. The molecule has 3 aliphatic rings. The third kappa shape index (κ3) is 3.43. The molecular formula is C19H31N4O2+. The van der Waals surface area contributed by atoms with Crippen LogP contribution in [0.4, 0.5) is 0 Å². The molecule has 6 heteroatoms. The summed E-state index contributed by atoms with van der Waals surface area (Å²) in [4.78, 5) is 15.3. The molecule has 3 aliphatic heterocycles. The van der Waals surface area contributed by atoms with Crippen LogP contribution in [0.2, 0.25) is 0 Å². The van der Waals surface area contributed by atoms with E-state index in [-0.39, 0.29) is 23.7 Å². The molecule has 2 unspecified atom stereocenters. The molecule has 0 radical (unpaired) electrons. The highest BCUT2D eigenvalue weighted by Gasteiger charge is 2.43. The van der Waals surface area contributed by atoms with Crippen molar-refractivity contribution in [2.24, 2.45) is 5.10 Å². The number of likely N-dealkylation sites (tertiary alicyclic amines) is 1. The molecule has 1 amide bonds. The highest BCUT2D eigenvalue weighted by molar-refractivity contribution is 5.96. The van der Waals surface area contributed by atoms with Gasteiger partial charge in [0.2, 0.25) is 0 Å². The summed E-state index contributed by atoms with van der Waals surface area (Å²) < 4.78 is 0.451. The van der Waals surface area contributed by atoms with Crippen LogP contribution in [0.5, 0.6) is 0 Å². The van der Waals surface area contributed by atoms with Gasteiger partial charge in [0.1, 0.15) is 18.8 Å². The zero-order chi connectivity index (χ0) is 18.2. The Labute approximate surface area is 150 Å². The van der Waals surface area contributed by atoms with Gasteiger partial charge in [-0.15, -0.1) is 0 Å². The number of hydrogen-bond acceptors (Lipinski definition) is 4. The minimum atomic E-state index is -0.364. The zero-order valence-electron chi connectivity index (χ0n) is 15.8. The van der Waals surface area contributed by atoms with Gasteiger partial charge in [-0.25, -0.2) is 0 Å². The van der Waals surface area contributed by atoms with Crippen LogP contribution in [0.3, 0.4) is 0 Å². The molecule has 1 saturated heterocycles. The number of nitrogens with one attached hydrogen (secondary N) is 1. The number of carbonyl (C=O) groups is 1. The van der Waals surface area contributed by atoms with E-state index < -0.39 is 0 Å². The number of quaternary nitrogens is 1. The lowest BCUT2D eigenvalue weighted by molar-refractivity contribution is -0.899. The molecule has 0 spiro atoms. The van der Waals surface area contributed by atoms with Crippen molar-refractivity contribution in [3.8, 4) is 0 Å². The number of allylic oxidation sites excluding steroid dienone is 1. The van der Waals surface area contributed by atoms with Gasteiger partial charge in [0.05, 0.1) is 23.6 Å². The molecule has 1 fully saturated rings. The van der Waals surface area contributed by atoms with E-state index >= 15 is 0 Å². The van der Waals surface area contributed by atoms with Crippen molar-refractivity contribution in [3.63, 3.8) is 0 Å². The zero-order valence-corrected chi connectivity index (χ0v) is 15.8. The summed E-state index contributed by atoms with van der Waals surface area (Å²) in [5, 5.41) is 17.6. The van der Waals surface area contributed by atoms with E-state index in [1.54, 1.807) is 0 Å². The number of aliphatic hydroxyl groups is 1. The van der Waals surface area contributed by atoms with Gasteiger partial charge < -0.3 is 10.4 Å². The Balaban J connectivity index is 1.80. The van der Waals surface area contributed by atoms with E-state index in [1.807, 2.05) is 12.3 Å². The van der Waals surface area contributed by atoms with Crippen LogP contribution >= 0.6 is 0 Å². The molecule has 0 aromatic heterocycles. The average molecular weight is 347 g/mol. The summed E-state index contributed by atoms with van der Waals surface area (Å²) in [6.07, 6.45) is 8.00. The van der Waals surface area contributed by atoms with Gasteiger partial charge in [0.15, 0.2) is 0 Å². The Hall–Kier alpha value is -1.50. The summed E-state index contributed by atoms with van der Waals surface area (Å²) in [5.74, 6) is 0.0195. The maximum Gasteiger partial charge on any atom is 0.254 e. The Morgan fingerprint density at radius 2 is 2.12 bits per heavy atom. The van der Waals surface area contributed by atoms with Gasteiger partial charge in [0.25, 0.3) is 5.91 Å². The predicted octanol–water partition coefficient (Wildman–Crippen LogP) is 1.73. The summed E-state index contributed by atoms with van der Waals surface area (Å²) >= 11 is 0. The van der Waals surface area contributed by atoms with Gasteiger partial charge in [-0.1, -0.05) is 10.7 Å². The number of amides is 1. The van der Waals surface area contributed by atoms with Gasteiger partial charge in [-0.05, 0) is 40.5 Å². The van der Waals surface area contributed by atoms with E-state index in [9.17, 15) is 9.90 Å². The fourth-order valence-electron chi connectivity index (χ4n) is 4.16. The third-order valence-electron chi connectivity index (χ3n) is 5.96. The molecular weight excluding hydrogens is 316 g/mol. The van der Waals surface area contributed by atoms with E-state index in [2.05, 4.69) is 49.2 Å². The Morgan fingerprint density at radius 3 is 2.64 bits per heavy atom. The summed E-state index contributed by atoms with van der Waals surface area (Å²) in [6, 6.07) is 0.278. The first kappa shape index (κ1) is 18.3. The molecule has 2 N–H and O–H groups in total. The molecule has 6 nitrogen and oxygen atoms in total. The molecule has 3 heterocycles. The average Bonchev–Trinajstić information content (AvgIpc) is 3.01. The van der Waals surface area contributed by atoms with Crippen LogP contribution < -0.4 is 5.32 Å². The second-order valence-electron chi connectivity index (χ2n) is 8.13. The molecule has 0 aromatic carbocycles. The van der Waals surface area contributed by atoms with Crippen molar-refractivity contribution >= 4 is 12.1 Å². The Kier molecular flexibility index (Phi) is 4.88. The maximum atomic E-state index is 12.9. The van der Waals surface area contributed by atoms with Crippen molar-refractivity contribution < 1.29 is 14.5 Å². The van der Waals surface area contributed by atoms with Crippen LogP contribution in [0.25, 0.3) is 0 Å². The monoisotopic (exact) mass is 347 g/mol. The van der Waals surface area contributed by atoms with E-state index in [4.69, 9.17) is 0 Å². The van der Waals surface area contributed by atoms with Crippen molar-refractivity contribution in [2.75, 3.05) is 19.6 Å². The number of piperidine rings is 1. The molecule has 0 bridgehead atoms.